The highest BCUT2D eigenvalue weighted by Crippen LogP contribution is 2.47. The summed E-state index contributed by atoms with van der Waals surface area (Å²) in [6.07, 6.45) is -20.7. The van der Waals surface area contributed by atoms with E-state index in [2.05, 4.69) is 9.98 Å². The maximum atomic E-state index is 14.2. The molecule has 0 radical (unpaired) electrons. The van der Waals surface area contributed by atoms with Crippen LogP contribution in [0.25, 0.3) is 49.0 Å². The highest BCUT2D eigenvalue weighted by atomic mass is 19.4. The average molecular weight is 700 g/mol. The first-order valence-electron chi connectivity index (χ1n) is 13.9. The molecule has 2 atom stereocenters. The molecule has 49 heavy (non-hydrogen) atoms. The number of aromatic nitrogens is 3. The summed E-state index contributed by atoms with van der Waals surface area (Å²) in [6, 6.07) is 2.66. The number of benzene rings is 3. The summed E-state index contributed by atoms with van der Waals surface area (Å²) in [4.78, 5) is 35.9. The minimum absolute atomic E-state index is 0.0791. The van der Waals surface area contributed by atoms with Crippen LogP contribution >= 0.6 is 0 Å². The van der Waals surface area contributed by atoms with Crippen molar-refractivity contribution in [1.29, 1.82) is 0 Å². The fourth-order valence-electron chi connectivity index (χ4n) is 7.11. The molecule has 8 rings (SSSR count). The van der Waals surface area contributed by atoms with Crippen molar-refractivity contribution in [3.63, 3.8) is 0 Å². The van der Waals surface area contributed by atoms with Gasteiger partial charge in [-0.3, -0.25) is 23.5 Å². The minimum atomic E-state index is -5.33. The number of imidazole rings is 1. The largest absolute Gasteiger partial charge is 0.418 e. The summed E-state index contributed by atoms with van der Waals surface area (Å²) in [7, 11) is 0. The number of allylic oxidation sites excluding steroid dienone is 2. The van der Waals surface area contributed by atoms with Crippen LogP contribution in [0, 0.1) is 0 Å². The van der Waals surface area contributed by atoms with Crippen LogP contribution in [0.2, 0.25) is 0 Å². The molecular weight excluding hydrogens is 688 g/mol. The fraction of sp³-hybridized carbons (Fsp3) is 0.226. The first kappa shape index (κ1) is 31.1. The molecule has 2 unspecified atom stereocenters. The van der Waals surface area contributed by atoms with Crippen molar-refractivity contribution in [1.82, 2.24) is 14.0 Å². The summed E-state index contributed by atoms with van der Waals surface area (Å²) >= 11 is 0. The number of pyridine rings is 2. The zero-order valence-corrected chi connectivity index (χ0v) is 23.8. The molecule has 4 heterocycles. The average Bonchev–Trinajstić information content (AvgIpc) is 3.51. The van der Waals surface area contributed by atoms with E-state index in [0.29, 0.717) is 21.1 Å². The lowest BCUT2D eigenvalue weighted by atomic mass is 9.80. The highest BCUT2D eigenvalue weighted by Gasteiger charge is 2.55. The van der Waals surface area contributed by atoms with Crippen LogP contribution in [0.15, 0.2) is 74.3 Å². The maximum absolute atomic E-state index is 14.2. The Balaban J connectivity index is 1.53. The molecule has 6 aromatic rings. The van der Waals surface area contributed by atoms with Gasteiger partial charge in [-0.1, -0.05) is 0 Å². The molecular formula is C31H12F12N4O2. The summed E-state index contributed by atoms with van der Waals surface area (Å²) in [5, 5.41) is -0.982. The Morgan fingerprint density at radius 3 is 1.90 bits per heavy atom. The molecule has 1 aliphatic carbocycles. The molecule has 0 fully saturated rings. The van der Waals surface area contributed by atoms with Crippen molar-refractivity contribution in [2.45, 2.75) is 43.2 Å². The summed E-state index contributed by atoms with van der Waals surface area (Å²) in [5.74, 6) is 0. The number of fused-ring (bicyclic) bond motifs is 8. The van der Waals surface area contributed by atoms with E-state index in [-0.39, 0.29) is 44.5 Å². The van der Waals surface area contributed by atoms with E-state index >= 15 is 0 Å². The first-order valence-corrected chi connectivity index (χ1v) is 13.9. The Hall–Kier alpha value is -5.16. The van der Waals surface area contributed by atoms with Crippen molar-refractivity contribution >= 4 is 49.0 Å². The quantitative estimate of drug-likeness (QED) is 0.123. The molecule has 0 amide bonds. The van der Waals surface area contributed by atoms with E-state index < -0.39 is 91.8 Å². The van der Waals surface area contributed by atoms with Crippen molar-refractivity contribution in [2.75, 3.05) is 0 Å². The van der Waals surface area contributed by atoms with Crippen molar-refractivity contribution < 1.29 is 52.7 Å². The second-order valence-corrected chi connectivity index (χ2v) is 12.0. The van der Waals surface area contributed by atoms with Crippen LogP contribution in [0.1, 0.15) is 18.1 Å². The number of hydrogen-bond donors (Lipinski definition) is 0. The van der Waals surface area contributed by atoms with Crippen molar-refractivity contribution in [3.8, 4) is 0 Å². The first-order chi connectivity index (χ1) is 22.5. The van der Waals surface area contributed by atoms with Gasteiger partial charge in [0.25, 0.3) is 11.1 Å². The van der Waals surface area contributed by atoms with E-state index in [9.17, 15) is 62.3 Å². The Morgan fingerprint density at radius 2 is 1.31 bits per heavy atom. The van der Waals surface area contributed by atoms with Gasteiger partial charge in [-0.15, -0.1) is 0 Å². The third-order valence-electron chi connectivity index (χ3n) is 9.11. The van der Waals surface area contributed by atoms with E-state index in [1.807, 2.05) is 0 Å². The van der Waals surface area contributed by atoms with E-state index in [1.165, 1.54) is 0 Å². The van der Waals surface area contributed by atoms with E-state index in [1.54, 1.807) is 0 Å². The van der Waals surface area contributed by atoms with Crippen LogP contribution in [0.3, 0.4) is 0 Å². The molecule has 3 aromatic heterocycles. The van der Waals surface area contributed by atoms with Crippen LogP contribution < -0.4 is 16.6 Å². The molecule has 1 aliphatic heterocycles. The smallest absolute Gasteiger partial charge is 0.280 e. The number of hydrogen-bond acceptors (Lipinski definition) is 4. The Bertz CT molecular complexity index is 2730. The van der Waals surface area contributed by atoms with Crippen LogP contribution in [-0.2, 0) is 17.9 Å². The predicted octanol–water partition coefficient (Wildman–Crippen LogP) is 7.37. The molecule has 2 aliphatic rings. The zero-order chi connectivity index (χ0) is 35.5. The molecule has 252 valence electrons. The van der Waals surface area contributed by atoms with Gasteiger partial charge in [-0.05, 0) is 55.5 Å². The van der Waals surface area contributed by atoms with Gasteiger partial charge >= 0.3 is 24.7 Å². The second-order valence-electron chi connectivity index (χ2n) is 12.0. The molecule has 18 heteroatoms. The number of halogens is 12. The van der Waals surface area contributed by atoms with Gasteiger partial charge in [0, 0.05) is 32.3 Å². The van der Waals surface area contributed by atoms with Crippen LogP contribution in [-0.4, -0.2) is 32.3 Å². The molecule has 0 bridgehead atoms. The zero-order valence-electron chi connectivity index (χ0n) is 23.8. The molecule has 0 N–H and O–H groups in total. The van der Waals surface area contributed by atoms with Gasteiger partial charge in [0.1, 0.15) is 22.7 Å². The molecule has 0 spiro atoms. The van der Waals surface area contributed by atoms with Gasteiger partial charge in [-0.25, -0.2) is 4.98 Å². The third kappa shape index (κ3) is 3.99. The van der Waals surface area contributed by atoms with Gasteiger partial charge in [0.15, 0.2) is 0 Å². The molecule has 6 nitrogen and oxygen atoms in total. The SMILES string of the molecule is CC12C=C(C(F)(F)F)C=C(C(F)(F)F)C1N=c1c3ccc4c(=O)n5c6cc(C(F)(F)F)cc(C(F)(F)F)c6nc5c5ccc(c(=O)n12)c3c45. The highest BCUT2D eigenvalue weighted by molar-refractivity contribution is 6.25. The Labute approximate surface area is 261 Å². The second kappa shape index (κ2) is 8.89. The minimum Gasteiger partial charge on any atom is -0.280 e. The summed E-state index contributed by atoms with van der Waals surface area (Å²) < 4.78 is 168. The summed E-state index contributed by atoms with van der Waals surface area (Å²) in [5.41, 5.74) is -14.0. The standard InChI is InChI=1S/C31H12F12N4O2/c1-27-9-11(29(35,36)37)7-17(31(41,42)43)22(27)45-24-13-3-4-14-19-12(2-5-15(20(13)19)26(49)47(24)27)23-44-21-16(30(38,39)40)6-10(28(32,33)34)8-18(21)46(23)25(14)48/h2-9,22H,1H3. The van der Waals surface area contributed by atoms with Crippen LogP contribution in [0.5, 0.6) is 0 Å². The maximum Gasteiger partial charge on any atom is 0.418 e. The van der Waals surface area contributed by atoms with Gasteiger partial charge in [0.2, 0.25) is 0 Å². The van der Waals surface area contributed by atoms with Gasteiger partial charge < -0.3 is 0 Å². The lowest BCUT2D eigenvalue weighted by Crippen LogP contribution is -2.49. The molecule has 0 saturated heterocycles. The Morgan fingerprint density at radius 1 is 0.714 bits per heavy atom. The summed E-state index contributed by atoms with van der Waals surface area (Å²) in [6.45, 7) is 0.990. The van der Waals surface area contributed by atoms with E-state index in [4.69, 9.17) is 0 Å². The van der Waals surface area contributed by atoms with Crippen LogP contribution in [0.4, 0.5) is 52.7 Å². The lowest BCUT2D eigenvalue weighted by molar-refractivity contribution is -0.142. The van der Waals surface area contributed by atoms with E-state index in [0.717, 1.165) is 31.2 Å². The number of rotatable bonds is 0. The van der Waals surface area contributed by atoms with Gasteiger partial charge in [0.05, 0.1) is 33.3 Å². The van der Waals surface area contributed by atoms with Crippen molar-refractivity contribution in [3.05, 3.63) is 97.0 Å². The molecule has 3 aromatic carbocycles. The van der Waals surface area contributed by atoms with Gasteiger partial charge in [-0.2, -0.15) is 52.7 Å². The topological polar surface area (TPSA) is 68.7 Å². The van der Waals surface area contributed by atoms with Crippen molar-refractivity contribution in [2.24, 2.45) is 4.99 Å². The lowest BCUT2D eigenvalue weighted by Gasteiger charge is -2.36. The number of alkyl halides is 12. The Kier molecular flexibility index (Phi) is 5.65. The fourth-order valence-corrected chi connectivity index (χ4v) is 7.11. The molecule has 0 saturated carbocycles. The predicted molar refractivity (Wildman–Crippen MR) is 149 cm³/mol. The monoisotopic (exact) mass is 700 g/mol. The number of nitrogens with zero attached hydrogens (tertiary/aromatic N) is 4. The normalized spacial score (nSPS) is 20.4. The third-order valence-corrected chi connectivity index (χ3v) is 9.11.